The van der Waals surface area contributed by atoms with Crippen molar-refractivity contribution in [2.45, 2.75) is 17.9 Å². The Kier molecular flexibility index (Phi) is 4.89. The van der Waals surface area contributed by atoms with E-state index in [1.165, 1.54) is 26.2 Å². The van der Waals surface area contributed by atoms with Crippen molar-refractivity contribution in [2.75, 3.05) is 7.11 Å². The summed E-state index contributed by atoms with van der Waals surface area (Å²) in [4.78, 5) is 15.3. The largest absolute Gasteiger partial charge is 0.468 e. The van der Waals surface area contributed by atoms with Gasteiger partial charge in [-0.3, -0.25) is 9.78 Å². The van der Waals surface area contributed by atoms with Gasteiger partial charge < -0.3 is 4.74 Å². The number of carbonyl (C=O) groups excluding carboxylic acids is 1. The van der Waals surface area contributed by atoms with Gasteiger partial charge >= 0.3 is 5.97 Å². The van der Waals surface area contributed by atoms with Crippen molar-refractivity contribution in [2.24, 2.45) is 0 Å². The highest BCUT2D eigenvalue weighted by Gasteiger charge is 2.22. The summed E-state index contributed by atoms with van der Waals surface area (Å²) in [6, 6.07) is 9.10. The zero-order valence-corrected chi connectivity index (χ0v) is 13.0. The van der Waals surface area contributed by atoms with Crippen LogP contribution in [0, 0.1) is 0 Å². The van der Waals surface area contributed by atoms with Crippen molar-refractivity contribution in [1.29, 1.82) is 0 Å². The molecule has 7 heteroatoms. The molecule has 0 aliphatic carbocycles. The minimum Gasteiger partial charge on any atom is -0.468 e. The number of esters is 1. The molecule has 1 atom stereocenters. The van der Waals surface area contributed by atoms with Crippen LogP contribution in [0.3, 0.4) is 0 Å². The van der Waals surface area contributed by atoms with Crippen LogP contribution in [0.1, 0.15) is 6.92 Å². The minimum absolute atomic E-state index is 0.0843. The molecule has 1 aromatic carbocycles. The fourth-order valence-electron chi connectivity index (χ4n) is 1.90. The van der Waals surface area contributed by atoms with Crippen molar-refractivity contribution < 1.29 is 17.9 Å². The fraction of sp³-hybridized carbons (Fsp3) is 0.200. The van der Waals surface area contributed by atoms with Crippen molar-refractivity contribution in [1.82, 2.24) is 9.71 Å². The lowest BCUT2D eigenvalue weighted by atomic mass is 10.1. The highest BCUT2D eigenvalue weighted by atomic mass is 32.2. The molecule has 22 heavy (non-hydrogen) atoms. The Hall–Kier alpha value is -2.25. The van der Waals surface area contributed by atoms with Gasteiger partial charge in [0.15, 0.2) is 0 Å². The summed E-state index contributed by atoms with van der Waals surface area (Å²) >= 11 is 0. The molecule has 116 valence electrons. The highest BCUT2D eigenvalue weighted by Crippen LogP contribution is 2.20. The van der Waals surface area contributed by atoms with Gasteiger partial charge in [0.05, 0.1) is 12.0 Å². The van der Waals surface area contributed by atoms with E-state index >= 15 is 0 Å². The van der Waals surface area contributed by atoms with E-state index in [0.29, 0.717) is 0 Å². The Morgan fingerprint density at radius 3 is 2.18 bits per heavy atom. The van der Waals surface area contributed by atoms with Gasteiger partial charge in [0.1, 0.15) is 6.04 Å². The van der Waals surface area contributed by atoms with Crippen LogP contribution in [-0.4, -0.2) is 32.5 Å². The van der Waals surface area contributed by atoms with Crippen molar-refractivity contribution in [3.63, 3.8) is 0 Å². The number of methoxy groups -OCH3 is 1. The number of rotatable bonds is 5. The zero-order valence-electron chi connectivity index (χ0n) is 12.2. The predicted molar refractivity (Wildman–Crippen MR) is 81.5 cm³/mol. The van der Waals surface area contributed by atoms with E-state index in [-0.39, 0.29) is 4.90 Å². The van der Waals surface area contributed by atoms with Crippen LogP contribution in [0.4, 0.5) is 0 Å². The fourth-order valence-corrected chi connectivity index (χ4v) is 3.09. The first kappa shape index (κ1) is 16.1. The Balaban J connectivity index is 2.21. The molecule has 0 aliphatic rings. The molecule has 0 fully saturated rings. The van der Waals surface area contributed by atoms with Crippen LogP contribution in [0.5, 0.6) is 0 Å². The number of nitrogens with zero attached hydrogens (tertiary/aromatic N) is 1. The van der Waals surface area contributed by atoms with E-state index in [1.807, 2.05) is 12.1 Å². The Labute approximate surface area is 129 Å². The average Bonchev–Trinajstić information content (AvgIpc) is 2.54. The molecule has 0 bridgehead atoms. The quantitative estimate of drug-likeness (QED) is 0.846. The molecule has 0 saturated heterocycles. The maximum absolute atomic E-state index is 12.2. The normalized spacial score (nSPS) is 12.6. The van der Waals surface area contributed by atoms with Crippen LogP contribution in [0.15, 0.2) is 53.7 Å². The summed E-state index contributed by atoms with van der Waals surface area (Å²) in [5.41, 5.74) is 1.82. The molecule has 1 unspecified atom stereocenters. The molecule has 1 N–H and O–H groups in total. The van der Waals surface area contributed by atoms with Gasteiger partial charge in [0.2, 0.25) is 10.0 Å². The van der Waals surface area contributed by atoms with Gasteiger partial charge in [-0.05, 0) is 42.3 Å². The van der Waals surface area contributed by atoms with E-state index in [2.05, 4.69) is 14.4 Å². The number of carbonyl (C=O) groups is 1. The SMILES string of the molecule is COC(=O)C(C)NS(=O)(=O)c1ccc(-c2ccncc2)cc1. The number of sulfonamides is 1. The second kappa shape index (κ2) is 6.67. The summed E-state index contributed by atoms with van der Waals surface area (Å²) in [6.07, 6.45) is 3.33. The van der Waals surface area contributed by atoms with Crippen LogP contribution in [0.25, 0.3) is 11.1 Å². The third kappa shape index (κ3) is 3.69. The van der Waals surface area contributed by atoms with Gasteiger partial charge in [0.25, 0.3) is 0 Å². The van der Waals surface area contributed by atoms with Gasteiger partial charge in [0, 0.05) is 12.4 Å². The third-order valence-electron chi connectivity index (χ3n) is 3.06. The first-order valence-corrected chi connectivity index (χ1v) is 8.03. The second-order valence-electron chi connectivity index (χ2n) is 4.63. The molecule has 2 rings (SSSR count). The van der Waals surface area contributed by atoms with Gasteiger partial charge in [-0.1, -0.05) is 12.1 Å². The monoisotopic (exact) mass is 320 g/mol. The van der Waals surface area contributed by atoms with Crippen LogP contribution in [0.2, 0.25) is 0 Å². The molecule has 0 spiro atoms. The summed E-state index contributed by atoms with van der Waals surface area (Å²) in [5.74, 6) is -0.642. The van der Waals surface area contributed by atoms with Crippen LogP contribution in [-0.2, 0) is 19.6 Å². The van der Waals surface area contributed by atoms with E-state index < -0.39 is 22.0 Å². The molecule has 1 heterocycles. The average molecular weight is 320 g/mol. The van der Waals surface area contributed by atoms with E-state index in [0.717, 1.165) is 11.1 Å². The molecule has 2 aromatic rings. The van der Waals surface area contributed by atoms with Crippen LogP contribution < -0.4 is 4.72 Å². The summed E-state index contributed by atoms with van der Waals surface area (Å²) in [7, 11) is -2.57. The number of nitrogens with one attached hydrogen (secondary N) is 1. The molecule has 0 saturated carbocycles. The Morgan fingerprint density at radius 2 is 1.64 bits per heavy atom. The number of ether oxygens (including phenoxy) is 1. The van der Waals surface area contributed by atoms with E-state index in [9.17, 15) is 13.2 Å². The van der Waals surface area contributed by atoms with Crippen molar-refractivity contribution >= 4 is 16.0 Å². The first-order chi connectivity index (χ1) is 10.4. The van der Waals surface area contributed by atoms with Crippen molar-refractivity contribution in [3.05, 3.63) is 48.8 Å². The molecule has 1 aromatic heterocycles. The minimum atomic E-state index is -3.78. The summed E-state index contributed by atoms with van der Waals surface area (Å²) < 4.78 is 31.1. The first-order valence-electron chi connectivity index (χ1n) is 6.54. The number of pyridine rings is 1. The molecule has 0 radical (unpaired) electrons. The molecule has 0 aliphatic heterocycles. The van der Waals surface area contributed by atoms with Gasteiger partial charge in [-0.25, -0.2) is 8.42 Å². The zero-order chi connectivity index (χ0) is 16.2. The van der Waals surface area contributed by atoms with Gasteiger partial charge in [-0.15, -0.1) is 0 Å². The van der Waals surface area contributed by atoms with Crippen molar-refractivity contribution in [3.8, 4) is 11.1 Å². The third-order valence-corrected chi connectivity index (χ3v) is 4.62. The molecular formula is C15H16N2O4S. The maximum Gasteiger partial charge on any atom is 0.323 e. The standard InChI is InChI=1S/C15H16N2O4S/c1-11(15(18)21-2)17-22(19,20)14-5-3-12(4-6-14)13-7-9-16-10-8-13/h3-11,17H,1-2H3. The van der Waals surface area contributed by atoms with Gasteiger partial charge in [-0.2, -0.15) is 4.72 Å². The number of hydrogen-bond donors (Lipinski definition) is 1. The molecule has 6 nitrogen and oxygen atoms in total. The van der Waals surface area contributed by atoms with E-state index in [1.54, 1.807) is 24.5 Å². The topological polar surface area (TPSA) is 85.4 Å². The molecular weight excluding hydrogens is 304 g/mol. The number of benzene rings is 1. The summed E-state index contributed by atoms with van der Waals surface area (Å²) in [5, 5.41) is 0. The second-order valence-corrected chi connectivity index (χ2v) is 6.34. The Morgan fingerprint density at radius 1 is 1.09 bits per heavy atom. The number of hydrogen-bond acceptors (Lipinski definition) is 5. The highest BCUT2D eigenvalue weighted by molar-refractivity contribution is 7.89. The lowest BCUT2D eigenvalue weighted by molar-refractivity contribution is -0.142. The lowest BCUT2D eigenvalue weighted by Gasteiger charge is -2.12. The lowest BCUT2D eigenvalue weighted by Crippen LogP contribution is -2.39. The van der Waals surface area contributed by atoms with E-state index in [4.69, 9.17) is 0 Å². The summed E-state index contributed by atoms with van der Waals surface area (Å²) in [6.45, 7) is 1.43. The Bertz CT molecular complexity index is 743. The molecule has 0 amide bonds. The smallest absolute Gasteiger partial charge is 0.323 e. The number of aromatic nitrogens is 1. The maximum atomic E-state index is 12.2. The van der Waals surface area contributed by atoms with Crippen LogP contribution >= 0.6 is 0 Å². The predicted octanol–water partition coefficient (Wildman–Crippen LogP) is 1.59.